The molecule has 0 aromatic heterocycles. The first-order valence-corrected chi connectivity index (χ1v) is 7.26. The van der Waals surface area contributed by atoms with E-state index in [1.165, 1.54) is 19.3 Å². The highest BCUT2D eigenvalue weighted by molar-refractivity contribution is 5.84. The van der Waals surface area contributed by atoms with Crippen LogP contribution in [0.15, 0.2) is 0 Å². The molecule has 0 heterocycles. The van der Waals surface area contributed by atoms with Crippen molar-refractivity contribution in [1.29, 1.82) is 0 Å². The highest BCUT2D eigenvalue weighted by Crippen LogP contribution is 2.43. The SMILES string of the molecule is CCC1(CNC(=O)CC(C)(C(=O)O)C(C)C)CCC1. The van der Waals surface area contributed by atoms with Crippen molar-refractivity contribution in [3.05, 3.63) is 0 Å². The third kappa shape index (κ3) is 3.48. The van der Waals surface area contributed by atoms with Gasteiger partial charge in [-0.3, -0.25) is 9.59 Å². The van der Waals surface area contributed by atoms with Gasteiger partial charge in [-0.2, -0.15) is 0 Å². The van der Waals surface area contributed by atoms with Gasteiger partial charge < -0.3 is 10.4 Å². The molecule has 0 aromatic rings. The number of carboxylic acids is 1. The van der Waals surface area contributed by atoms with Crippen LogP contribution in [0.5, 0.6) is 0 Å². The molecule has 0 aromatic carbocycles. The Morgan fingerprint density at radius 2 is 1.95 bits per heavy atom. The minimum Gasteiger partial charge on any atom is -0.481 e. The first-order chi connectivity index (χ1) is 8.76. The number of carbonyl (C=O) groups is 2. The molecule has 110 valence electrons. The lowest BCUT2D eigenvalue weighted by atomic mass is 9.67. The van der Waals surface area contributed by atoms with E-state index < -0.39 is 11.4 Å². The standard InChI is InChI=1S/C15H27NO3/c1-5-15(7-6-8-15)10-16-12(17)9-14(4,11(2)3)13(18)19/h11H,5-10H2,1-4H3,(H,16,17)(H,18,19). The molecule has 1 fully saturated rings. The molecule has 0 saturated heterocycles. The van der Waals surface area contributed by atoms with E-state index in [9.17, 15) is 14.7 Å². The van der Waals surface area contributed by atoms with Crippen LogP contribution in [0, 0.1) is 16.7 Å². The van der Waals surface area contributed by atoms with E-state index in [1.807, 2.05) is 13.8 Å². The molecule has 4 nitrogen and oxygen atoms in total. The molecule has 19 heavy (non-hydrogen) atoms. The fourth-order valence-electron chi connectivity index (χ4n) is 2.54. The van der Waals surface area contributed by atoms with Gasteiger partial charge in [0.15, 0.2) is 0 Å². The van der Waals surface area contributed by atoms with Crippen LogP contribution in [0.2, 0.25) is 0 Å². The number of carboxylic acid groups (broad SMARTS) is 1. The third-order valence-corrected chi connectivity index (χ3v) is 5.12. The van der Waals surface area contributed by atoms with Crippen LogP contribution < -0.4 is 5.32 Å². The zero-order chi connectivity index (χ0) is 14.7. The molecule has 1 amide bonds. The lowest BCUT2D eigenvalue weighted by molar-refractivity contribution is -0.153. The Morgan fingerprint density at radius 1 is 1.37 bits per heavy atom. The topological polar surface area (TPSA) is 66.4 Å². The molecule has 1 aliphatic rings. The zero-order valence-electron chi connectivity index (χ0n) is 12.6. The number of carbonyl (C=O) groups excluding carboxylic acids is 1. The molecule has 0 spiro atoms. The summed E-state index contributed by atoms with van der Waals surface area (Å²) in [7, 11) is 0. The Hall–Kier alpha value is -1.06. The molecule has 0 aliphatic heterocycles. The number of aliphatic carboxylic acids is 1. The van der Waals surface area contributed by atoms with Crippen LogP contribution in [-0.2, 0) is 9.59 Å². The zero-order valence-corrected chi connectivity index (χ0v) is 12.6. The molecule has 0 radical (unpaired) electrons. The van der Waals surface area contributed by atoms with Crippen LogP contribution in [0.4, 0.5) is 0 Å². The Morgan fingerprint density at radius 3 is 2.26 bits per heavy atom. The van der Waals surface area contributed by atoms with Crippen molar-refractivity contribution in [2.75, 3.05) is 6.54 Å². The number of rotatable bonds is 7. The second kappa shape index (κ2) is 5.93. The highest BCUT2D eigenvalue weighted by Gasteiger charge is 2.40. The fraction of sp³-hybridized carbons (Fsp3) is 0.867. The van der Waals surface area contributed by atoms with E-state index in [4.69, 9.17) is 0 Å². The quantitative estimate of drug-likeness (QED) is 0.747. The van der Waals surface area contributed by atoms with Crippen LogP contribution >= 0.6 is 0 Å². The van der Waals surface area contributed by atoms with Gasteiger partial charge >= 0.3 is 5.97 Å². The first-order valence-electron chi connectivity index (χ1n) is 7.26. The summed E-state index contributed by atoms with van der Waals surface area (Å²) >= 11 is 0. The monoisotopic (exact) mass is 269 g/mol. The van der Waals surface area contributed by atoms with Crippen molar-refractivity contribution in [2.24, 2.45) is 16.7 Å². The summed E-state index contributed by atoms with van der Waals surface area (Å²) in [5.74, 6) is -1.11. The predicted molar refractivity (Wildman–Crippen MR) is 74.8 cm³/mol. The van der Waals surface area contributed by atoms with Crippen LogP contribution in [0.1, 0.15) is 59.8 Å². The van der Waals surface area contributed by atoms with Crippen LogP contribution in [-0.4, -0.2) is 23.5 Å². The molecule has 1 unspecified atom stereocenters. The molecule has 1 atom stereocenters. The maximum atomic E-state index is 12.0. The van der Waals surface area contributed by atoms with E-state index in [1.54, 1.807) is 6.92 Å². The van der Waals surface area contributed by atoms with Gasteiger partial charge in [0.05, 0.1) is 5.41 Å². The van der Waals surface area contributed by atoms with Crippen molar-refractivity contribution in [1.82, 2.24) is 5.32 Å². The maximum Gasteiger partial charge on any atom is 0.310 e. The summed E-state index contributed by atoms with van der Waals surface area (Å²) in [6.07, 6.45) is 4.71. The molecular formula is C15H27NO3. The lowest BCUT2D eigenvalue weighted by Gasteiger charge is -2.41. The van der Waals surface area contributed by atoms with E-state index in [-0.39, 0.29) is 23.7 Å². The number of hydrogen-bond donors (Lipinski definition) is 2. The molecule has 1 saturated carbocycles. The smallest absolute Gasteiger partial charge is 0.310 e. The molecule has 1 rings (SSSR count). The van der Waals surface area contributed by atoms with Gasteiger partial charge in [-0.15, -0.1) is 0 Å². The van der Waals surface area contributed by atoms with E-state index >= 15 is 0 Å². The first kappa shape index (κ1) is 16.0. The molecule has 4 heteroatoms. The van der Waals surface area contributed by atoms with Crippen molar-refractivity contribution in [3.63, 3.8) is 0 Å². The van der Waals surface area contributed by atoms with Crippen molar-refractivity contribution >= 4 is 11.9 Å². The predicted octanol–water partition coefficient (Wildman–Crippen LogP) is 2.82. The second-order valence-electron chi connectivity index (χ2n) is 6.54. The highest BCUT2D eigenvalue weighted by atomic mass is 16.4. The summed E-state index contributed by atoms with van der Waals surface area (Å²) in [6.45, 7) is 8.19. The average molecular weight is 269 g/mol. The van der Waals surface area contributed by atoms with E-state index in [2.05, 4.69) is 12.2 Å². The van der Waals surface area contributed by atoms with Gasteiger partial charge in [0.2, 0.25) is 5.91 Å². The maximum absolute atomic E-state index is 12.0. The number of hydrogen-bond acceptors (Lipinski definition) is 2. The Kier molecular flexibility index (Phi) is 4.99. The molecule has 0 bridgehead atoms. The molecular weight excluding hydrogens is 242 g/mol. The minimum absolute atomic E-state index is 0.0554. The largest absolute Gasteiger partial charge is 0.481 e. The van der Waals surface area contributed by atoms with Gasteiger partial charge in [0.1, 0.15) is 0 Å². The van der Waals surface area contributed by atoms with Crippen LogP contribution in [0.25, 0.3) is 0 Å². The molecule has 2 N–H and O–H groups in total. The summed E-state index contributed by atoms with van der Waals surface area (Å²) in [5, 5.41) is 12.2. The van der Waals surface area contributed by atoms with E-state index in [0.29, 0.717) is 6.54 Å². The normalized spacial score (nSPS) is 20.5. The van der Waals surface area contributed by atoms with Crippen molar-refractivity contribution in [3.8, 4) is 0 Å². The summed E-state index contributed by atoms with van der Waals surface area (Å²) < 4.78 is 0. The third-order valence-electron chi connectivity index (χ3n) is 5.12. The Bertz CT molecular complexity index is 342. The van der Waals surface area contributed by atoms with Gasteiger partial charge in [0, 0.05) is 13.0 Å². The fourth-order valence-corrected chi connectivity index (χ4v) is 2.54. The van der Waals surface area contributed by atoms with Gasteiger partial charge in [-0.1, -0.05) is 27.2 Å². The summed E-state index contributed by atoms with van der Waals surface area (Å²) in [6, 6.07) is 0. The summed E-state index contributed by atoms with van der Waals surface area (Å²) in [4.78, 5) is 23.3. The minimum atomic E-state index is -0.983. The Balaban J connectivity index is 2.52. The van der Waals surface area contributed by atoms with E-state index in [0.717, 1.165) is 6.42 Å². The van der Waals surface area contributed by atoms with Gasteiger partial charge in [-0.25, -0.2) is 0 Å². The lowest BCUT2D eigenvalue weighted by Crippen LogP contribution is -2.44. The van der Waals surface area contributed by atoms with Gasteiger partial charge in [-0.05, 0) is 37.5 Å². The second-order valence-corrected chi connectivity index (χ2v) is 6.54. The molecule has 1 aliphatic carbocycles. The van der Waals surface area contributed by atoms with Crippen LogP contribution in [0.3, 0.4) is 0 Å². The average Bonchev–Trinajstić information content (AvgIpc) is 2.27. The number of amides is 1. The van der Waals surface area contributed by atoms with Gasteiger partial charge in [0.25, 0.3) is 0 Å². The summed E-state index contributed by atoms with van der Waals surface area (Å²) in [5.41, 5.74) is -0.712. The Labute approximate surface area is 116 Å². The number of nitrogens with one attached hydrogen (secondary N) is 1. The van der Waals surface area contributed by atoms with Crippen molar-refractivity contribution in [2.45, 2.75) is 59.8 Å². The van der Waals surface area contributed by atoms with Crippen molar-refractivity contribution < 1.29 is 14.7 Å².